The first-order chi connectivity index (χ1) is 11.6. The first-order valence-corrected chi connectivity index (χ1v) is 8.32. The van der Waals surface area contributed by atoms with Crippen LogP contribution in [0.5, 0.6) is 5.75 Å². The van der Waals surface area contributed by atoms with E-state index in [2.05, 4.69) is 5.32 Å². The topological polar surface area (TPSA) is 84.9 Å². The molecule has 1 fully saturated rings. The SMILES string of the molecule is COCCOc1ccccc1CNC(=O)C1CCC(C(=O)O)CC1. The zero-order chi connectivity index (χ0) is 17.4. The summed E-state index contributed by atoms with van der Waals surface area (Å²) in [6.45, 7) is 1.37. The summed E-state index contributed by atoms with van der Waals surface area (Å²) in [6, 6.07) is 7.59. The van der Waals surface area contributed by atoms with Crippen molar-refractivity contribution in [1.29, 1.82) is 0 Å². The summed E-state index contributed by atoms with van der Waals surface area (Å²) in [7, 11) is 1.62. The van der Waals surface area contributed by atoms with E-state index in [1.807, 2.05) is 24.3 Å². The normalized spacial score (nSPS) is 20.4. The second-order valence-corrected chi connectivity index (χ2v) is 6.05. The fourth-order valence-electron chi connectivity index (χ4n) is 2.95. The van der Waals surface area contributed by atoms with Gasteiger partial charge in [-0.2, -0.15) is 0 Å². The maximum Gasteiger partial charge on any atom is 0.306 e. The number of hydrogen-bond acceptors (Lipinski definition) is 4. The molecule has 2 rings (SSSR count). The summed E-state index contributed by atoms with van der Waals surface area (Å²) < 4.78 is 10.6. The van der Waals surface area contributed by atoms with E-state index >= 15 is 0 Å². The number of carbonyl (C=O) groups excluding carboxylic acids is 1. The molecule has 132 valence electrons. The molecule has 0 saturated heterocycles. The van der Waals surface area contributed by atoms with Crippen LogP contribution in [0.3, 0.4) is 0 Å². The van der Waals surface area contributed by atoms with Crippen molar-refractivity contribution in [1.82, 2.24) is 5.32 Å². The van der Waals surface area contributed by atoms with E-state index < -0.39 is 5.97 Å². The summed E-state index contributed by atoms with van der Waals surface area (Å²) in [6.07, 6.45) is 2.41. The Balaban J connectivity index is 1.83. The van der Waals surface area contributed by atoms with Crippen molar-refractivity contribution in [2.75, 3.05) is 20.3 Å². The minimum Gasteiger partial charge on any atom is -0.491 e. The predicted octanol–water partition coefficient (Wildman–Crippen LogP) is 2.22. The number of rotatable bonds is 8. The van der Waals surface area contributed by atoms with Crippen LogP contribution in [0.1, 0.15) is 31.2 Å². The summed E-state index contributed by atoms with van der Waals surface area (Å²) >= 11 is 0. The van der Waals surface area contributed by atoms with Gasteiger partial charge in [0.05, 0.1) is 12.5 Å². The highest BCUT2D eigenvalue weighted by atomic mass is 16.5. The van der Waals surface area contributed by atoms with Crippen LogP contribution in [0.15, 0.2) is 24.3 Å². The zero-order valence-electron chi connectivity index (χ0n) is 14.0. The van der Waals surface area contributed by atoms with Crippen molar-refractivity contribution < 1.29 is 24.2 Å². The predicted molar refractivity (Wildman–Crippen MR) is 88.7 cm³/mol. The zero-order valence-corrected chi connectivity index (χ0v) is 14.0. The highest BCUT2D eigenvalue weighted by Gasteiger charge is 2.29. The molecule has 6 nitrogen and oxygen atoms in total. The number of ether oxygens (including phenoxy) is 2. The van der Waals surface area contributed by atoms with Crippen molar-refractivity contribution in [3.8, 4) is 5.75 Å². The Hall–Kier alpha value is -2.08. The molecule has 1 saturated carbocycles. The van der Waals surface area contributed by atoms with Gasteiger partial charge in [0.1, 0.15) is 12.4 Å². The number of nitrogens with one attached hydrogen (secondary N) is 1. The van der Waals surface area contributed by atoms with Crippen molar-refractivity contribution in [3.63, 3.8) is 0 Å². The summed E-state index contributed by atoms with van der Waals surface area (Å²) in [5, 5.41) is 12.0. The summed E-state index contributed by atoms with van der Waals surface area (Å²) in [5.41, 5.74) is 0.918. The number of carboxylic acid groups (broad SMARTS) is 1. The number of para-hydroxylation sites is 1. The smallest absolute Gasteiger partial charge is 0.306 e. The minimum absolute atomic E-state index is 0.00877. The standard InChI is InChI=1S/C18H25NO5/c1-23-10-11-24-16-5-3-2-4-15(16)12-19-17(20)13-6-8-14(9-7-13)18(21)22/h2-5,13-14H,6-12H2,1H3,(H,19,20)(H,21,22). The van der Waals surface area contributed by atoms with Crippen molar-refractivity contribution in [2.45, 2.75) is 32.2 Å². The Bertz CT molecular complexity index is 552. The minimum atomic E-state index is -0.754. The Labute approximate surface area is 142 Å². The lowest BCUT2D eigenvalue weighted by Crippen LogP contribution is -2.34. The van der Waals surface area contributed by atoms with E-state index in [0.29, 0.717) is 45.4 Å². The largest absolute Gasteiger partial charge is 0.491 e. The van der Waals surface area contributed by atoms with Crippen LogP contribution < -0.4 is 10.1 Å². The monoisotopic (exact) mass is 335 g/mol. The second kappa shape index (κ2) is 9.27. The van der Waals surface area contributed by atoms with Gasteiger partial charge in [-0.15, -0.1) is 0 Å². The molecule has 0 bridgehead atoms. The van der Waals surface area contributed by atoms with E-state index in [1.165, 1.54) is 0 Å². The van der Waals surface area contributed by atoms with Crippen molar-refractivity contribution in [2.24, 2.45) is 11.8 Å². The lowest BCUT2D eigenvalue weighted by atomic mass is 9.81. The van der Waals surface area contributed by atoms with Gasteiger partial charge in [-0.1, -0.05) is 18.2 Å². The number of amides is 1. The van der Waals surface area contributed by atoms with Crippen LogP contribution in [0, 0.1) is 11.8 Å². The van der Waals surface area contributed by atoms with Gasteiger partial charge in [0.25, 0.3) is 0 Å². The molecule has 1 aromatic rings. The second-order valence-electron chi connectivity index (χ2n) is 6.05. The van der Waals surface area contributed by atoms with E-state index in [0.717, 1.165) is 11.3 Å². The molecule has 2 N–H and O–H groups in total. The summed E-state index contributed by atoms with van der Waals surface area (Å²) in [5.74, 6) is -0.419. The van der Waals surface area contributed by atoms with Gasteiger partial charge in [-0.05, 0) is 31.7 Å². The van der Waals surface area contributed by atoms with Gasteiger partial charge in [0.15, 0.2) is 0 Å². The van der Waals surface area contributed by atoms with Crippen LogP contribution in [0.2, 0.25) is 0 Å². The van der Waals surface area contributed by atoms with Crippen LogP contribution in [-0.2, 0) is 20.9 Å². The average Bonchev–Trinajstić information content (AvgIpc) is 2.61. The molecule has 6 heteroatoms. The lowest BCUT2D eigenvalue weighted by molar-refractivity contribution is -0.144. The molecule has 0 unspecified atom stereocenters. The van der Waals surface area contributed by atoms with E-state index in [1.54, 1.807) is 7.11 Å². The van der Waals surface area contributed by atoms with E-state index in [9.17, 15) is 9.59 Å². The molecule has 0 heterocycles. The molecule has 0 aliphatic heterocycles. The van der Waals surface area contributed by atoms with Gasteiger partial charge in [-0.25, -0.2) is 0 Å². The van der Waals surface area contributed by atoms with Crippen LogP contribution in [0.4, 0.5) is 0 Å². The molecule has 1 aliphatic carbocycles. The fraction of sp³-hybridized carbons (Fsp3) is 0.556. The van der Waals surface area contributed by atoms with Gasteiger partial charge in [0, 0.05) is 25.1 Å². The summed E-state index contributed by atoms with van der Waals surface area (Å²) in [4.78, 5) is 23.3. The molecule has 24 heavy (non-hydrogen) atoms. The molecule has 0 spiro atoms. The third-order valence-electron chi connectivity index (χ3n) is 4.42. The van der Waals surface area contributed by atoms with E-state index in [-0.39, 0.29) is 17.7 Å². The fourth-order valence-corrected chi connectivity index (χ4v) is 2.95. The van der Waals surface area contributed by atoms with Gasteiger partial charge in [0.2, 0.25) is 5.91 Å². The van der Waals surface area contributed by atoms with E-state index in [4.69, 9.17) is 14.6 Å². The quantitative estimate of drug-likeness (QED) is 0.712. The molecule has 1 amide bonds. The van der Waals surface area contributed by atoms with Crippen LogP contribution in [-0.4, -0.2) is 37.3 Å². The van der Waals surface area contributed by atoms with Crippen molar-refractivity contribution in [3.05, 3.63) is 29.8 Å². The molecule has 1 aromatic carbocycles. The molecule has 1 aliphatic rings. The lowest BCUT2D eigenvalue weighted by Gasteiger charge is -2.25. The number of hydrogen-bond donors (Lipinski definition) is 2. The number of carboxylic acids is 1. The molecule has 0 radical (unpaired) electrons. The highest BCUT2D eigenvalue weighted by Crippen LogP contribution is 2.29. The van der Waals surface area contributed by atoms with Gasteiger partial charge >= 0.3 is 5.97 Å². The Morgan fingerprint density at radius 1 is 1.12 bits per heavy atom. The Morgan fingerprint density at radius 2 is 1.79 bits per heavy atom. The third-order valence-corrected chi connectivity index (χ3v) is 4.42. The highest BCUT2D eigenvalue weighted by molar-refractivity contribution is 5.79. The van der Waals surface area contributed by atoms with Crippen molar-refractivity contribution >= 4 is 11.9 Å². The average molecular weight is 335 g/mol. The number of carbonyl (C=O) groups is 2. The van der Waals surface area contributed by atoms with Gasteiger partial charge in [-0.3, -0.25) is 9.59 Å². The Kier molecular flexibility index (Phi) is 7.06. The molecule has 0 atom stereocenters. The molecular formula is C18H25NO5. The number of benzene rings is 1. The van der Waals surface area contributed by atoms with Gasteiger partial charge < -0.3 is 19.9 Å². The number of aliphatic carboxylic acids is 1. The van der Waals surface area contributed by atoms with Crippen LogP contribution in [0.25, 0.3) is 0 Å². The maximum absolute atomic E-state index is 12.3. The first kappa shape index (κ1) is 18.3. The Morgan fingerprint density at radius 3 is 2.46 bits per heavy atom. The number of methoxy groups -OCH3 is 1. The first-order valence-electron chi connectivity index (χ1n) is 8.32. The third kappa shape index (κ3) is 5.23. The molecular weight excluding hydrogens is 310 g/mol. The van der Waals surface area contributed by atoms with Crippen LogP contribution >= 0.6 is 0 Å². The molecule has 0 aromatic heterocycles. The maximum atomic E-state index is 12.3.